The van der Waals surface area contributed by atoms with Gasteiger partial charge < -0.3 is 14.8 Å². The highest BCUT2D eigenvalue weighted by Gasteiger charge is 2.14. The van der Waals surface area contributed by atoms with E-state index in [9.17, 15) is 9.59 Å². The van der Waals surface area contributed by atoms with Crippen LogP contribution in [0.3, 0.4) is 0 Å². The van der Waals surface area contributed by atoms with Gasteiger partial charge in [-0.2, -0.15) is 0 Å². The minimum atomic E-state index is -0.478. The summed E-state index contributed by atoms with van der Waals surface area (Å²) in [6.45, 7) is 5.97. The smallest absolute Gasteiger partial charge is 0.407 e. The topological polar surface area (TPSA) is 64.6 Å². The number of carbonyl (C=O) groups is 2. The Morgan fingerprint density at radius 1 is 1.10 bits per heavy atom. The Bertz CT molecular complexity index is 389. The van der Waals surface area contributed by atoms with E-state index in [0.717, 1.165) is 0 Å². The van der Waals surface area contributed by atoms with Crippen molar-refractivity contribution in [3.05, 3.63) is 36.5 Å². The van der Waals surface area contributed by atoms with Crippen LogP contribution < -0.4 is 5.32 Å². The van der Waals surface area contributed by atoms with Gasteiger partial charge in [0.2, 0.25) is 0 Å². The summed E-state index contributed by atoms with van der Waals surface area (Å²) in [5, 5.41) is 2.65. The summed E-state index contributed by atoms with van der Waals surface area (Å²) in [6.07, 6.45) is 10.4. The zero-order valence-electron chi connectivity index (χ0n) is 12.5. The molecule has 0 aromatic carbocycles. The van der Waals surface area contributed by atoms with Crippen LogP contribution in [0.1, 0.15) is 27.2 Å². The van der Waals surface area contributed by atoms with Crippen LogP contribution in [0.25, 0.3) is 0 Å². The zero-order chi connectivity index (χ0) is 15.4. The fraction of sp³-hybridized carbons (Fsp3) is 0.467. The number of nitrogens with one attached hydrogen (secondary N) is 1. The monoisotopic (exact) mass is 281 g/mol. The lowest BCUT2D eigenvalue weighted by molar-refractivity contribution is -0.134. The zero-order valence-corrected chi connectivity index (χ0v) is 12.5. The molecule has 0 unspecified atom stereocenters. The Labute approximate surface area is 120 Å². The summed E-state index contributed by atoms with van der Waals surface area (Å²) in [5.41, 5.74) is -0.478. The number of rotatable bonds is 6. The van der Waals surface area contributed by atoms with Gasteiger partial charge >= 0.3 is 12.1 Å². The average molecular weight is 281 g/mol. The van der Waals surface area contributed by atoms with E-state index in [1.165, 1.54) is 13.2 Å². The number of hydrogen-bond donors (Lipinski definition) is 1. The molecule has 0 aromatic heterocycles. The number of methoxy groups -OCH3 is 1. The molecule has 5 heteroatoms. The third-order valence-electron chi connectivity index (χ3n) is 1.88. The van der Waals surface area contributed by atoms with Crippen molar-refractivity contribution in [2.75, 3.05) is 13.7 Å². The maximum absolute atomic E-state index is 11.3. The third kappa shape index (κ3) is 12.4. The Kier molecular flexibility index (Phi) is 8.83. The molecule has 112 valence electrons. The minimum absolute atomic E-state index is 0.389. The van der Waals surface area contributed by atoms with Crippen molar-refractivity contribution >= 4 is 12.1 Å². The van der Waals surface area contributed by atoms with Gasteiger partial charge in [-0.3, -0.25) is 0 Å². The second-order valence-corrected chi connectivity index (χ2v) is 4.91. The number of alkyl carbamates (subject to hydrolysis) is 1. The molecule has 0 rings (SSSR count). The van der Waals surface area contributed by atoms with Gasteiger partial charge in [0.25, 0.3) is 0 Å². The number of allylic oxidation sites excluding steroid dienone is 4. The summed E-state index contributed by atoms with van der Waals surface area (Å²) >= 11 is 0. The van der Waals surface area contributed by atoms with Crippen LogP contribution in [0.15, 0.2) is 36.5 Å². The highest BCUT2D eigenvalue weighted by Crippen LogP contribution is 2.06. The molecule has 5 nitrogen and oxygen atoms in total. The molecule has 1 N–H and O–H groups in total. The summed E-state index contributed by atoms with van der Waals surface area (Å²) < 4.78 is 9.53. The van der Waals surface area contributed by atoms with Gasteiger partial charge in [-0.1, -0.05) is 30.4 Å². The Balaban J connectivity index is 3.72. The lowest BCUT2D eigenvalue weighted by Crippen LogP contribution is -2.32. The maximum atomic E-state index is 11.3. The molecule has 0 saturated carbocycles. The first kappa shape index (κ1) is 18.0. The quantitative estimate of drug-likeness (QED) is 0.352. The van der Waals surface area contributed by atoms with E-state index in [4.69, 9.17) is 4.74 Å². The molecule has 1 amide bonds. The van der Waals surface area contributed by atoms with E-state index in [0.29, 0.717) is 13.0 Å². The molecule has 0 atom stereocenters. The molecular weight excluding hydrogens is 258 g/mol. The molecule has 0 aliphatic heterocycles. The molecule has 0 saturated heterocycles. The SMILES string of the molecule is COC(=O)/C=C/C=C/C=C/CCNC(=O)OC(C)(C)C. The molecule has 0 bridgehead atoms. The van der Waals surface area contributed by atoms with Crippen molar-refractivity contribution in [1.29, 1.82) is 0 Å². The average Bonchev–Trinajstić information content (AvgIpc) is 2.34. The molecule has 0 fully saturated rings. The number of amides is 1. The molecular formula is C15H23NO4. The lowest BCUT2D eigenvalue weighted by atomic mass is 10.2. The van der Waals surface area contributed by atoms with Crippen LogP contribution >= 0.6 is 0 Å². The molecule has 0 aromatic rings. The molecule has 0 spiro atoms. The molecule has 0 radical (unpaired) electrons. The van der Waals surface area contributed by atoms with Crippen molar-refractivity contribution in [2.45, 2.75) is 32.8 Å². The van der Waals surface area contributed by atoms with Gasteiger partial charge in [-0.25, -0.2) is 9.59 Å². The normalized spacial score (nSPS) is 12.2. The summed E-state index contributed by atoms with van der Waals surface area (Å²) in [7, 11) is 1.33. The highest BCUT2D eigenvalue weighted by molar-refractivity contribution is 5.82. The second-order valence-electron chi connectivity index (χ2n) is 4.91. The van der Waals surface area contributed by atoms with Gasteiger partial charge in [0.15, 0.2) is 0 Å². The lowest BCUT2D eigenvalue weighted by Gasteiger charge is -2.19. The number of carbonyl (C=O) groups excluding carboxylic acids is 2. The largest absolute Gasteiger partial charge is 0.466 e. The van der Waals surface area contributed by atoms with E-state index in [1.807, 2.05) is 32.9 Å². The van der Waals surface area contributed by atoms with Gasteiger partial charge in [0.1, 0.15) is 5.60 Å². The number of ether oxygens (including phenoxy) is 2. The predicted molar refractivity (Wildman–Crippen MR) is 78.3 cm³/mol. The summed E-state index contributed by atoms with van der Waals surface area (Å²) in [6, 6.07) is 0. The third-order valence-corrected chi connectivity index (χ3v) is 1.88. The first-order chi connectivity index (χ1) is 9.35. The van der Waals surface area contributed by atoms with Crippen LogP contribution in [-0.4, -0.2) is 31.3 Å². The molecule has 20 heavy (non-hydrogen) atoms. The van der Waals surface area contributed by atoms with Crippen LogP contribution in [0.5, 0.6) is 0 Å². The number of hydrogen-bond acceptors (Lipinski definition) is 4. The second kappa shape index (κ2) is 9.83. The van der Waals surface area contributed by atoms with Gasteiger partial charge in [0, 0.05) is 12.6 Å². The summed E-state index contributed by atoms with van der Waals surface area (Å²) in [4.78, 5) is 22.0. The van der Waals surface area contributed by atoms with Crippen LogP contribution in [-0.2, 0) is 14.3 Å². The van der Waals surface area contributed by atoms with Crippen LogP contribution in [0, 0.1) is 0 Å². The first-order valence-electron chi connectivity index (χ1n) is 6.40. The Morgan fingerprint density at radius 2 is 1.75 bits per heavy atom. The van der Waals surface area contributed by atoms with E-state index < -0.39 is 11.7 Å². The first-order valence-corrected chi connectivity index (χ1v) is 6.40. The van der Waals surface area contributed by atoms with Gasteiger partial charge in [0.05, 0.1) is 7.11 Å². The fourth-order valence-electron chi connectivity index (χ4n) is 1.08. The standard InChI is InChI=1S/C15H23NO4/c1-15(2,3)20-14(18)16-12-10-8-6-5-7-9-11-13(17)19-4/h5-9,11H,10,12H2,1-4H3,(H,16,18)/b7-5+,8-6+,11-9+. The van der Waals surface area contributed by atoms with Crippen LogP contribution in [0.2, 0.25) is 0 Å². The Morgan fingerprint density at radius 3 is 2.35 bits per heavy atom. The molecule has 0 aliphatic rings. The van der Waals surface area contributed by atoms with Gasteiger partial charge in [-0.05, 0) is 27.2 Å². The van der Waals surface area contributed by atoms with Crippen molar-refractivity contribution < 1.29 is 19.1 Å². The minimum Gasteiger partial charge on any atom is -0.466 e. The van der Waals surface area contributed by atoms with Crippen molar-refractivity contribution in [3.8, 4) is 0 Å². The van der Waals surface area contributed by atoms with Gasteiger partial charge in [-0.15, -0.1) is 0 Å². The number of esters is 1. The molecule has 0 heterocycles. The van der Waals surface area contributed by atoms with Crippen molar-refractivity contribution in [2.24, 2.45) is 0 Å². The maximum Gasteiger partial charge on any atom is 0.407 e. The van der Waals surface area contributed by atoms with E-state index in [2.05, 4.69) is 10.1 Å². The van der Waals surface area contributed by atoms with E-state index >= 15 is 0 Å². The van der Waals surface area contributed by atoms with E-state index in [-0.39, 0.29) is 5.97 Å². The molecule has 0 aliphatic carbocycles. The van der Waals surface area contributed by atoms with Crippen LogP contribution in [0.4, 0.5) is 4.79 Å². The predicted octanol–water partition coefficient (Wildman–Crippen LogP) is 2.74. The van der Waals surface area contributed by atoms with Crippen molar-refractivity contribution in [3.63, 3.8) is 0 Å². The fourth-order valence-corrected chi connectivity index (χ4v) is 1.08. The summed E-state index contributed by atoms with van der Waals surface area (Å²) in [5.74, 6) is -0.389. The van der Waals surface area contributed by atoms with Crippen molar-refractivity contribution in [1.82, 2.24) is 5.32 Å². The van der Waals surface area contributed by atoms with E-state index in [1.54, 1.807) is 18.2 Å². The highest BCUT2D eigenvalue weighted by atomic mass is 16.6. The Hall–Kier alpha value is -2.04.